The molecule has 0 bridgehead atoms. The lowest BCUT2D eigenvalue weighted by Crippen LogP contribution is -2.32. The summed E-state index contributed by atoms with van der Waals surface area (Å²) in [7, 11) is 0. The zero-order valence-corrected chi connectivity index (χ0v) is 9.54. The molecule has 0 aliphatic carbocycles. The lowest BCUT2D eigenvalue weighted by Gasteiger charge is -2.26. The van der Waals surface area contributed by atoms with E-state index in [9.17, 15) is 9.59 Å². The number of hydrogen-bond donors (Lipinski definition) is 3. The third kappa shape index (κ3) is 5.93. The number of nitrogens with two attached hydrogens (primary N) is 1. The zero-order chi connectivity index (χ0) is 12.1. The predicted molar refractivity (Wildman–Crippen MR) is 57.4 cm³/mol. The maximum atomic E-state index is 11.0. The molecule has 2 amide bonds. The summed E-state index contributed by atoms with van der Waals surface area (Å²) in [5, 5.41) is 11.4. The van der Waals surface area contributed by atoms with Gasteiger partial charge < -0.3 is 16.2 Å². The van der Waals surface area contributed by atoms with Crippen molar-refractivity contribution in [1.82, 2.24) is 5.32 Å². The van der Waals surface area contributed by atoms with E-state index in [1.807, 2.05) is 20.8 Å². The van der Waals surface area contributed by atoms with Crippen molar-refractivity contribution in [3.05, 3.63) is 0 Å². The van der Waals surface area contributed by atoms with E-state index in [0.717, 1.165) is 0 Å². The van der Waals surface area contributed by atoms with Crippen LogP contribution in [0, 0.1) is 11.3 Å². The van der Waals surface area contributed by atoms with Crippen molar-refractivity contribution in [2.24, 2.45) is 17.1 Å². The lowest BCUT2D eigenvalue weighted by molar-refractivity contribution is -0.145. The van der Waals surface area contributed by atoms with Crippen molar-refractivity contribution in [1.29, 1.82) is 0 Å². The molecule has 0 spiro atoms. The summed E-state index contributed by atoms with van der Waals surface area (Å²) in [6.07, 6.45) is 1.16. The van der Waals surface area contributed by atoms with Gasteiger partial charge in [0.1, 0.15) is 0 Å². The maximum Gasteiger partial charge on any atom is 0.312 e. The molecule has 5 nitrogen and oxygen atoms in total. The van der Waals surface area contributed by atoms with Crippen LogP contribution in [-0.4, -0.2) is 23.7 Å². The fourth-order valence-corrected chi connectivity index (χ4v) is 1.44. The summed E-state index contributed by atoms with van der Waals surface area (Å²) in [4.78, 5) is 21.3. The molecule has 0 aromatic rings. The molecule has 0 aromatic carbocycles. The van der Waals surface area contributed by atoms with Gasteiger partial charge in [-0.05, 0) is 18.3 Å². The first-order valence-electron chi connectivity index (χ1n) is 5.01. The van der Waals surface area contributed by atoms with Gasteiger partial charge in [0.2, 0.25) is 0 Å². The molecule has 4 N–H and O–H groups in total. The van der Waals surface area contributed by atoms with Crippen LogP contribution >= 0.6 is 0 Å². The van der Waals surface area contributed by atoms with Crippen LogP contribution in [0.3, 0.4) is 0 Å². The van der Waals surface area contributed by atoms with Gasteiger partial charge in [0.25, 0.3) is 0 Å². The quantitative estimate of drug-likeness (QED) is 0.602. The Balaban J connectivity index is 3.99. The molecule has 0 radical (unpaired) electrons. The first kappa shape index (κ1) is 13.7. The Bertz CT molecular complexity index is 233. The molecule has 5 heteroatoms. The Kier molecular flexibility index (Phi) is 5.11. The van der Waals surface area contributed by atoms with E-state index in [1.165, 1.54) is 0 Å². The summed E-state index contributed by atoms with van der Waals surface area (Å²) in [5.74, 6) is -1.19. The van der Waals surface area contributed by atoms with Gasteiger partial charge in [0.15, 0.2) is 0 Å². The number of carboxylic acids is 1. The summed E-state index contributed by atoms with van der Waals surface area (Å²) < 4.78 is 0. The second-order valence-corrected chi connectivity index (χ2v) is 4.69. The van der Waals surface area contributed by atoms with Crippen LogP contribution in [0.4, 0.5) is 4.79 Å². The van der Waals surface area contributed by atoms with Gasteiger partial charge in [-0.3, -0.25) is 4.79 Å². The van der Waals surface area contributed by atoms with Gasteiger partial charge in [0, 0.05) is 6.54 Å². The van der Waals surface area contributed by atoms with Crippen molar-refractivity contribution >= 4 is 12.0 Å². The molecule has 0 aliphatic rings. The molecule has 0 rings (SSSR count). The number of hydrogen-bond acceptors (Lipinski definition) is 2. The van der Waals surface area contributed by atoms with E-state index in [2.05, 4.69) is 5.32 Å². The van der Waals surface area contributed by atoms with Crippen molar-refractivity contribution in [3.8, 4) is 0 Å². The SMILES string of the molecule is CC(C)(C)C(CCCNC(N)=O)C(=O)O. The van der Waals surface area contributed by atoms with Crippen LogP contribution in [-0.2, 0) is 4.79 Å². The fourth-order valence-electron chi connectivity index (χ4n) is 1.44. The van der Waals surface area contributed by atoms with Crippen LogP contribution in [0.25, 0.3) is 0 Å². The van der Waals surface area contributed by atoms with E-state index < -0.39 is 17.9 Å². The molecule has 0 saturated carbocycles. The second-order valence-electron chi connectivity index (χ2n) is 4.69. The maximum absolute atomic E-state index is 11.0. The number of urea groups is 1. The van der Waals surface area contributed by atoms with Crippen molar-refractivity contribution in [3.63, 3.8) is 0 Å². The zero-order valence-electron chi connectivity index (χ0n) is 9.54. The minimum Gasteiger partial charge on any atom is -0.481 e. The molecule has 1 unspecified atom stereocenters. The highest BCUT2D eigenvalue weighted by Gasteiger charge is 2.30. The summed E-state index contributed by atoms with van der Waals surface area (Å²) in [5.41, 5.74) is 4.62. The smallest absolute Gasteiger partial charge is 0.312 e. The number of amides is 2. The number of carbonyl (C=O) groups is 2. The number of nitrogens with one attached hydrogen (secondary N) is 1. The molecular formula is C10H20N2O3. The third-order valence-electron chi connectivity index (χ3n) is 2.31. The fraction of sp³-hybridized carbons (Fsp3) is 0.800. The first-order valence-corrected chi connectivity index (χ1v) is 5.01. The Morgan fingerprint density at radius 3 is 2.27 bits per heavy atom. The summed E-state index contributed by atoms with van der Waals surface area (Å²) >= 11 is 0. The first-order chi connectivity index (χ1) is 6.75. The van der Waals surface area contributed by atoms with E-state index in [4.69, 9.17) is 10.8 Å². The largest absolute Gasteiger partial charge is 0.481 e. The van der Waals surface area contributed by atoms with E-state index in [0.29, 0.717) is 19.4 Å². The van der Waals surface area contributed by atoms with E-state index in [1.54, 1.807) is 0 Å². The highest BCUT2D eigenvalue weighted by molar-refractivity contribution is 5.71. The molecule has 15 heavy (non-hydrogen) atoms. The highest BCUT2D eigenvalue weighted by Crippen LogP contribution is 2.29. The topological polar surface area (TPSA) is 92.4 Å². The molecule has 0 fully saturated rings. The third-order valence-corrected chi connectivity index (χ3v) is 2.31. The van der Waals surface area contributed by atoms with Crippen molar-refractivity contribution in [2.75, 3.05) is 6.54 Å². The van der Waals surface area contributed by atoms with Gasteiger partial charge in [-0.2, -0.15) is 0 Å². The average Bonchev–Trinajstić information content (AvgIpc) is 1.99. The van der Waals surface area contributed by atoms with Gasteiger partial charge in [-0.25, -0.2) is 4.79 Å². The van der Waals surface area contributed by atoms with Crippen LogP contribution < -0.4 is 11.1 Å². The molecule has 0 heterocycles. The van der Waals surface area contributed by atoms with E-state index >= 15 is 0 Å². The average molecular weight is 216 g/mol. The minimum absolute atomic E-state index is 0.265. The van der Waals surface area contributed by atoms with Gasteiger partial charge in [-0.15, -0.1) is 0 Å². The Labute approximate surface area is 90.0 Å². The molecule has 1 atom stereocenters. The molecule has 88 valence electrons. The monoisotopic (exact) mass is 216 g/mol. The van der Waals surface area contributed by atoms with Crippen LogP contribution in [0.5, 0.6) is 0 Å². The van der Waals surface area contributed by atoms with Gasteiger partial charge in [-0.1, -0.05) is 20.8 Å². The standard InChI is InChI=1S/C10H20N2O3/c1-10(2,3)7(8(13)14)5-4-6-12-9(11)15/h7H,4-6H2,1-3H3,(H,13,14)(H3,11,12,15). The number of rotatable bonds is 5. The molecule has 0 saturated heterocycles. The molecule has 0 aromatic heterocycles. The Hall–Kier alpha value is -1.26. The Morgan fingerprint density at radius 2 is 1.93 bits per heavy atom. The number of carbonyl (C=O) groups excluding carboxylic acids is 1. The predicted octanol–water partition coefficient (Wildman–Crippen LogP) is 1.18. The minimum atomic E-state index is -0.790. The number of primary amides is 1. The Morgan fingerprint density at radius 1 is 1.40 bits per heavy atom. The summed E-state index contributed by atoms with van der Waals surface area (Å²) in [6.45, 7) is 6.11. The lowest BCUT2D eigenvalue weighted by atomic mass is 9.78. The van der Waals surface area contributed by atoms with Crippen molar-refractivity contribution < 1.29 is 14.7 Å². The van der Waals surface area contributed by atoms with Gasteiger partial charge >= 0.3 is 12.0 Å². The van der Waals surface area contributed by atoms with E-state index in [-0.39, 0.29) is 5.41 Å². The molecular weight excluding hydrogens is 196 g/mol. The van der Waals surface area contributed by atoms with Crippen LogP contribution in [0.2, 0.25) is 0 Å². The van der Waals surface area contributed by atoms with Crippen LogP contribution in [0.15, 0.2) is 0 Å². The van der Waals surface area contributed by atoms with Gasteiger partial charge in [0.05, 0.1) is 5.92 Å². The summed E-state index contributed by atoms with van der Waals surface area (Å²) in [6, 6.07) is -0.572. The number of aliphatic carboxylic acids is 1. The highest BCUT2D eigenvalue weighted by atomic mass is 16.4. The normalized spacial score (nSPS) is 13.3. The number of carboxylic acid groups (broad SMARTS) is 1. The molecule has 0 aliphatic heterocycles. The van der Waals surface area contributed by atoms with Crippen molar-refractivity contribution in [2.45, 2.75) is 33.6 Å². The van der Waals surface area contributed by atoms with Crippen LogP contribution in [0.1, 0.15) is 33.6 Å². The second kappa shape index (κ2) is 5.58.